The number of nitrogens with zero attached hydrogens (tertiary/aromatic N) is 2. The average Bonchev–Trinajstić information content (AvgIpc) is 2.15. The van der Waals surface area contributed by atoms with E-state index in [0.29, 0.717) is 5.56 Å². The maximum Gasteiger partial charge on any atom is 0.151 e. The molecule has 3 nitrogen and oxygen atoms in total. The van der Waals surface area contributed by atoms with Crippen LogP contribution >= 0.6 is 0 Å². The second-order valence-corrected chi connectivity index (χ2v) is 2.13. The van der Waals surface area contributed by atoms with E-state index >= 15 is 0 Å². The van der Waals surface area contributed by atoms with E-state index in [1.165, 1.54) is 12.3 Å². The minimum absolute atomic E-state index is 0.509. The maximum absolute atomic E-state index is 10.3. The Kier molecular flexibility index (Phi) is 2.74. The van der Waals surface area contributed by atoms with Crippen molar-refractivity contribution in [2.24, 2.45) is 0 Å². The molecule has 0 unspecified atom stereocenters. The molecular weight excluding hydrogens is 152 g/mol. The first kappa shape index (κ1) is 8.15. The Hall–Kier alpha value is -1.95. The van der Waals surface area contributed by atoms with Crippen molar-refractivity contribution in [2.75, 3.05) is 0 Å². The Morgan fingerprint density at radius 3 is 2.83 bits per heavy atom. The first-order valence-corrected chi connectivity index (χ1v) is 3.33. The van der Waals surface area contributed by atoms with Gasteiger partial charge >= 0.3 is 0 Å². The van der Waals surface area contributed by atoms with Crippen molar-refractivity contribution >= 4 is 12.4 Å². The lowest BCUT2D eigenvalue weighted by atomic mass is 10.2. The van der Waals surface area contributed by atoms with E-state index < -0.39 is 0 Å². The van der Waals surface area contributed by atoms with E-state index in [1.807, 2.05) is 6.07 Å². The molecule has 0 aliphatic carbocycles. The number of nitriles is 1. The number of hydrogen-bond acceptors (Lipinski definition) is 3. The van der Waals surface area contributed by atoms with Gasteiger partial charge in [0.25, 0.3) is 0 Å². The van der Waals surface area contributed by atoms with Crippen LogP contribution in [-0.2, 0) is 0 Å². The SMILES string of the molecule is N#CC=Cc1cncc(C=O)c1. The lowest BCUT2D eigenvalue weighted by molar-refractivity contribution is 0.112. The van der Waals surface area contributed by atoms with E-state index in [4.69, 9.17) is 5.26 Å². The molecule has 1 aromatic heterocycles. The summed E-state index contributed by atoms with van der Waals surface area (Å²) in [5.41, 5.74) is 1.26. The summed E-state index contributed by atoms with van der Waals surface area (Å²) in [4.78, 5) is 14.1. The summed E-state index contributed by atoms with van der Waals surface area (Å²) in [6, 6.07) is 3.52. The van der Waals surface area contributed by atoms with Crippen LogP contribution in [0.1, 0.15) is 15.9 Å². The topological polar surface area (TPSA) is 53.8 Å². The third-order valence-electron chi connectivity index (χ3n) is 1.27. The van der Waals surface area contributed by atoms with Crippen LogP contribution in [0.15, 0.2) is 24.5 Å². The van der Waals surface area contributed by atoms with Gasteiger partial charge in [-0.3, -0.25) is 9.78 Å². The fraction of sp³-hybridized carbons (Fsp3) is 0. The third kappa shape index (κ3) is 2.03. The molecule has 0 aliphatic heterocycles. The molecule has 0 radical (unpaired) electrons. The van der Waals surface area contributed by atoms with Crippen LogP contribution in [0.25, 0.3) is 6.08 Å². The van der Waals surface area contributed by atoms with Gasteiger partial charge in [-0.2, -0.15) is 5.26 Å². The lowest BCUT2D eigenvalue weighted by Gasteiger charge is -1.91. The molecule has 0 fully saturated rings. The lowest BCUT2D eigenvalue weighted by Crippen LogP contribution is -1.83. The number of carbonyl (C=O) groups excluding carboxylic acids is 1. The van der Waals surface area contributed by atoms with Gasteiger partial charge in [0.2, 0.25) is 0 Å². The van der Waals surface area contributed by atoms with Gasteiger partial charge in [-0.1, -0.05) is 0 Å². The molecule has 0 aliphatic rings. The largest absolute Gasteiger partial charge is 0.298 e. The van der Waals surface area contributed by atoms with Crippen LogP contribution < -0.4 is 0 Å². The molecule has 12 heavy (non-hydrogen) atoms. The first-order valence-electron chi connectivity index (χ1n) is 3.33. The van der Waals surface area contributed by atoms with Crippen LogP contribution in [0.2, 0.25) is 0 Å². The van der Waals surface area contributed by atoms with Crippen LogP contribution in [0.4, 0.5) is 0 Å². The summed E-state index contributed by atoms with van der Waals surface area (Å²) < 4.78 is 0. The summed E-state index contributed by atoms with van der Waals surface area (Å²) in [6.07, 6.45) is 6.71. The second-order valence-electron chi connectivity index (χ2n) is 2.13. The molecule has 0 amide bonds. The molecule has 58 valence electrons. The third-order valence-corrected chi connectivity index (χ3v) is 1.27. The molecule has 1 heterocycles. The number of aromatic nitrogens is 1. The summed E-state index contributed by atoms with van der Waals surface area (Å²) in [5.74, 6) is 0. The van der Waals surface area contributed by atoms with E-state index in [9.17, 15) is 4.79 Å². The van der Waals surface area contributed by atoms with Crippen molar-refractivity contribution in [2.45, 2.75) is 0 Å². The van der Waals surface area contributed by atoms with Crippen LogP contribution in [0.3, 0.4) is 0 Å². The highest BCUT2D eigenvalue weighted by atomic mass is 16.1. The van der Waals surface area contributed by atoms with Crippen molar-refractivity contribution in [3.63, 3.8) is 0 Å². The summed E-state index contributed by atoms with van der Waals surface area (Å²) in [7, 11) is 0. The van der Waals surface area contributed by atoms with Gasteiger partial charge in [-0.15, -0.1) is 0 Å². The highest BCUT2D eigenvalue weighted by molar-refractivity contribution is 5.75. The fourth-order valence-electron chi connectivity index (χ4n) is 0.765. The number of aldehydes is 1. The Morgan fingerprint density at radius 2 is 2.17 bits per heavy atom. The van der Waals surface area contributed by atoms with Gasteiger partial charge in [0, 0.05) is 24.0 Å². The molecule has 0 atom stereocenters. The van der Waals surface area contributed by atoms with E-state index in [0.717, 1.165) is 11.8 Å². The van der Waals surface area contributed by atoms with Gasteiger partial charge in [-0.05, 0) is 17.7 Å². The molecule has 0 saturated heterocycles. The second kappa shape index (κ2) is 4.04. The Labute approximate surface area is 70.0 Å². The Bertz CT molecular complexity index is 350. The summed E-state index contributed by atoms with van der Waals surface area (Å²) >= 11 is 0. The van der Waals surface area contributed by atoms with Crippen molar-refractivity contribution in [1.82, 2.24) is 4.98 Å². The van der Waals surface area contributed by atoms with Gasteiger partial charge in [-0.25, -0.2) is 0 Å². The summed E-state index contributed by atoms with van der Waals surface area (Å²) in [5, 5.41) is 8.23. The minimum Gasteiger partial charge on any atom is -0.298 e. The smallest absolute Gasteiger partial charge is 0.151 e. The van der Waals surface area contributed by atoms with Crippen LogP contribution in [0.5, 0.6) is 0 Å². The van der Waals surface area contributed by atoms with Crippen molar-refractivity contribution in [3.8, 4) is 6.07 Å². The van der Waals surface area contributed by atoms with Gasteiger partial charge < -0.3 is 0 Å². The molecule has 0 spiro atoms. The number of allylic oxidation sites excluding steroid dienone is 1. The average molecular weight is 158 g/mol. The first-order chi connectivity index (χ1) is 5.86. The normalized spacial score (nSPS) is 9.58. The van der Waals surface area contributed by atoms with Crippen molar-refractivity contribution < 1.29 is 4.79 Å². The maximum atomic E-state index is 10.3. The van der Waals surface area contributed by atoms with Crippen LogP contribution in [0, 0.1) is 11.3 Å². The quantitative estimate of drug-likeness (QED) is 0.483. The summed E-state index contributed by atoms with van der Waals surface area (Å²) in [6.45, 7) is 0. The molecular formula is C9H6N2O. The molecule has 3 heteroatoms. The molecule has 0 N–H and O–H groups in total. The Morgan fingerprint density at radius 1 is 1.42 bits per heavy atom. The van der Waals surface area contributed by atoms with E-state index in [1.54, 1.807) is 18.3 Å². The van der Waals surface area contributed by atoms with Gasteiger partial charge in [0.1, 0.15) is 0 Å². The fourth-order valence-corrected chi connectivity index (χ4v) is 0.765. The van der Waals surface area contributed by atoms with E-state index in [-0.39, 0.29) is 0 Å². The number of carbonyl (C=O) groups is 1. The van der Waals surface area contributed by atoms with Crippen molar-refractivity contribution in [3.05, 3.63) is 35.7 Å². The van der Waals surface area contributed by atoms with Crippen molar-refractivity contribution in [1.29, 1.82) is 5.26 Å². The zero-order chi connectivity index (χ0) is 8.81. The zero-order valence-corrected chi connectivity index (χ0v) is 6.27. The predicted octanol–water partition coefficient (Wildman–Crippen LogP) is 1.43. The monoisotopic (exact) mass is 158 g/mol. The number of hydrogen-bond donors (Lipinski definition) is 0. The van der Waals surface area contributed by atoms with Crippen LogP contribution in [-0.4, -0.2) is 11.3 Å². The molecule has 1 rings (SSSR count). The van der Waals surface area contributed by atoms with Gasteiger partial charge in [0.15, 0.2) is 6.29 Å². The molecule has 0 bridgehead atoms. The predicted molar refractivity (Wildman–Crippen MR) is 44.3 cm³/mol. The highest BCUT2D eigenvalue weighted by Gasteiger charge is 1.90. The molecule has 1 aromatic rings. The molecule has 0 saturated carbocycles. The Balaban J connectivity index is 2.95. The highest BCUT2D eigenvalue weighted by Crippen LogP contribution is 2.01. The molecule has 0 aromatic carbocycles. The standard InChI is InChI=1S/C9H6N2O/c10-3-1-2-8-4-9(7-12)6-11-5-8/h1-2,4-7H. The van der Waals surface area contributed by atoms with Gasteiger partial charge in [0.05, 0.1) is 6.07 Å². The number of rotatable bonds is 2. The zero-order valence-electron chi connectivity index (χ0n) is 6.27. The minimum atomic E-state index is 0.509. The number of pyridine rings is 1. The van der Waals surface area contributed by atoms with E-state index in [2.05, 4.69) is 4.98 Å².